The minimum absolute atomic E-state index is 0.0833. The molecular formula is C30H41N3O7S. The minimum atomic E-state index is -3.63. The van der Waals surface area contributed by atoms with Gasteiger partial charge in [-0.3, -0.25) is 13.9 Å². The first kappa shape index (κ1) is 30.5. The number of sulfonamides is 1. The predicted molar refractivity (Wildman–Crippen MR) is 157 cm³/mol. The molecule has 0 unspecified atom stereocenters. The van der Waals surface area contributed by atoms with Crippen LogP contribution in [0.3, 0.4) is 0 Å². The molecule has 0 bridgehead atoms. The van der Waals surface area contributed by atoms with E-state index in [1.807, 2.05) is 31.2 Å². The number of nitrogens with zero attached hydrogens (tertiary/aromatic N) is 2. The molecule has 0 saturated heterocycles. The lowest BCUT2D eigenvalue weighted by Crippen LogP contribution is -2.51. The van der Waals surface area contributed by atoms with Crippen molar-refractivity contribution in [3.05, 3.63) is 48.0 Å². The maximum absolute atomic E-state index is 13.7. The van der Waals surface area contributed by atoms with Crippen molar-refractivity contribution in [1.29, 1.82) is 0 Å². The van der Waals surface area contributed by atoms with Gasteiger partial charge in [0.1, 0.15) is 25.0 Å². The Morgan fingerprint density at radius 3 is 2.37 bits per heavy atom. The summed E-state index contributed by atoms with van der Waals surface area (Å²) in [6, 6.07) is 11.9. The molecule has 11 heteroatoms. The molecule has 1 N–H and O–H groups in total. The number of ether oxygens (including phenoxy) is 3. The molecule has 1 saturated carbocycles. The van der Waals surface area contributed by atoms with Crippen LogP contribution in [0, 0.1) is 0 Å². The molecule has 0 aromatic heterocycles. The molecular weight excluding hydrogens is 546 g/mol. The van der Waals surface area contributed by atoms with E-state index in [2.05, 4.69) is 5.32 Å². The molecule has 1 atom stereocenters. The fourth-order valence-electron chi connectivity index (χ4n) is 5.41. The number of anilines is 1. The number of carbonyl (C=O) groups excluding carboxylic acids is 2. The van der Waals surface area contributed by atoms with Crippen molar-refractivity contribution < 1.29 is 32.2 Å². The third kappa shape index (κ3) is 8.06. The van der Waals surface area contributed by atoms with E-state index in [1.54, 1.807) is 30.2 Å². The summed E-state index contributed by atoms with van der Waals surface area (Å²) in [5, 5.41) is 3.15. The molecule has 1 fully saturated rings. The zero-order valence-electron chi connectivity index (χ0n) is 24.1. The van der Waals surface area contributed by atoms with Crippen LogP contribution in [0.4, 0.5) is 5.69 Å². The Bertz CT molecular complexity index is 1290. The molecule has 2 aromatic carbocycles. The van der Waals surface area contributed by atoms with Crippen LogP contribution in [-0.4, -0.2) is 70.3 Å². The normalized spacial score (nSPS) is 15.7. The smallest absolute Gasteiger partial charge is 0.243 e. The van der Waals surface area contributed by atoms with E-state index in [0.29, 0.717) is 42.6 Å². The number of fused-ring (bicyclic) bond motifs is 1. The Kier molecular flexibility index (Phi) is 10.4. The molecule has 4 rings (SSSR count). The van der Waals surface area contributed by atoms with Gasteiger partial charge in [0, 0.05) is 31.6 Å². The van der Waals surface area contributed by atoms with Crippen molar-refractivity contribution in [2.45, 2.75) is 70.5 Å². The Morgan fingerprint density at radius 2 is 1.73 bits per heavy atom. The second kappa shape index (κ2) is 13.9. The van der Waals surface area contributed by atoms with Crippen LogP contribution in [0.2, 0.25) is 0 Å². The number of amides is 2. The third-order valence-corrected chi connectivity index (χ3v) is 8.76. The van der Waals surface area contributed by atoms with Crippen LogP contribution >= 0.6 is 0 Å². The first-order valence-corrected chi connectivity index (χ1v) is 16.1. The number of carbonyl (C=O) groups is 2. The maximum atomic E-state index is 13.7. The monoisotopic (exact) mass is 587 g/mol. The van der Waals surface area contributed by atoms with E-state index in [0.717, 1.165) is 37.5 Å². The van der Waals surface area contributed by atoms with Crippen LogP contribution in [-0.2, 0) is 26.2 Å². The van der Waals surface area contributed by atoms with Crippen molar-refractivity contribution in [2.75, 3.05) is 37.4 Å². The number of benzene rings is 2. The fourth-order valence-corrected chi connectivity index (χ4v) is 6.36. The number of hydrogen-bond acceptors (Lipinski definition) is 7. The summed E-state index contributed by atoms with van der Waals surface area (Å²) in [6.45, 7) is 3.10. The van der Waals surface area contributed by atoms with E-state index in [4.69, 9.17) is 14.2 Å². The Balaban J connectivity index is 1.48. The summed E-state index contributed by atoms with van der Waals surface area (Å²) < 4.78 is 43.1. The molecule has 2 aliphatic rings. The number of hydrogen-bond donors (Lipinski definition) is 1. The van der Waals surface area contributed by atoms with Gasteiger partial charge < -0.3 is 24.4 Å². The van der Waals surface area contributed by atoms with Gasteiger partial charge in [-0.25, -0.2) is 8.42 Å². The molecule has 1 aliphatic heterocycles. The maximum Gasteiger partial charge on any atom is 0.243 e. The zero-order valence-corrected chi connectivity index (χ0v) is 25.0. The first-order valence-electron chi connectivity index (χ1n) is 14.3. The van der Waals surface area contributed by atoms with Crippen LogP contribution in [0.1, 0.15) is 57.4 Å². The summed E-state index contributed by atoms with van der Waals surface area (Å²) in [5.74, 6) is 1.42. The summed E-state index contributed by atoms with van der Waals surface area (Å²) >= 11 is 0. The van der Waals surface area contributed by atoms with Gasteiger partial charge in [-0.1, -0.05) is 31.9 Å². The molecule has 2 aromatic rings. The molecule has 41 heavy (non-hydrogen) atoms. The molecule has 1 aliphatic carbocycles. The lowest BCUT2D eigenvalue weighted by molar-refractivity contribution is -0.141. The van der Waals surface area contributed by atoms with E-state index in [1.165, 1.54) is 4.31 Å². The van der Waals surface area contributed by atoms with E-state index >= 15 is 0 Å². The Morgan fingerprint density at radius 1 is 1.05 bits per heavy atom. The molecule has 0 radical (unpaired) electrons. The Labute approximate surface area is 243 Å². The van der Waals surface area contributed by atoms with Gasteiger partial charge in [0.25, 0.3) is 0 Å². The minimum Gasteiger partial charge on any atom is -0.497 e. The molecule has 2 amide bonds. The third-order valence-electron chi connectivity index (χ3n) is 7.57. The second-order valence-corrected chi connectivity index (χ2v) is 12.5. The highest BCUT2D eigenvalue weighted by atomic mass is 32.2. The molecule has 1 heterocycles. The fraction of sp³-hybridized carbons (Fsp3) is 0.533. The second-order valence-electron chi connectivity index (χ2n) is 10.6. The van der Waals surface area contributed by atoms with Crippen molar-refractivity contribution >= 4 is 27.5 Å². The van der Waals surface area contributed by atoms with Crippen molar-refractivity contribution in [1.82, 2.24) is 10.2 Å². The SMILES string of the molecule is CC[C@H](C(=O)NC1CCCC1)N(Cc1ccc(OC)cc1)C(=O)CCCN(c1ccc2c(c1)OCCO2)S(C)(=O)=O. The average molecular weight is 588 g/mol. The quantitative estimate of drug-likeness (QED) is 0.378. The largest absolute Gasteiger partial charge is 0.497 e. The van der Waals surface area contributed by atoms with Crippen molar-refractivity contribution in [3.63, 3.8) is 0 Å². The lowest BCUT2D eigenvalue weighted by Gasteiger charge is -2.32. The average Bonchev–Trinajstić information content (AvgIpc) is 3.47. The van der Waals surface area contributed by atoms with Crippen LogP contribution in [0.5, 0.6) is 17.2 Å². The van der Waals surface area contributed by atoms with E-state index in [9.17, 15) is 18.0 Å². The number of rotatable bonds is 13. The van der Waals surface area contributed by atoms with Crippen LogP contribution in [0.15, 0.2) is 42.5 Å². The first-order chi connectivity index (χ1) is 19.7. The van der Waals surface area contributed by atoms with Gasteiger partial charge in [0.2, 0.25) is 21.8 Å². The summed E-state index contributed by atoms with van der Waals surface area (Å²) in [6.07, 6.45) is 6.06. The van der Waals surface area contributed by atoms with Crippen molar-refractivity contribution in [3.8, 4) is 17.2 Å². The summed E-state index contributed by atoms with van der Waals surface area (Å²) in [4.78, 5) is 28.7. The van der Waals surface area contributed by atoms with Gasteiger partial charge >= 0.3 is 0 Å². The number of nitrogens with one attached hydrogen (secondary N) is 1. The molecule has 10 nitrogen and oxygen atoms in total. The topological polar surface area (TPSA) is 114 Å². The predicted octanol–water partition coefficient (Wildman–Crippen LogP) is 3.88. The van der Waals surface area contributed by atoms with Crippen LogP contribution < -0.4 is 23.8 Å². The number of methoxy groups -OCH3 is 1. The van der Waals surface area contributed by atoms with E-state index < -0.39 is 16.1 Å². The Hall–Kier alpha value is -3.47. The van der Waals surface area contributed by atoms with Gasteiger partial charge in [-0.05, 0) is 55.5 Å². The zero-order chi connectivity index (χ0) is 29.4. The summed E-state index contributed by atoms with van der Waals surface area (Å²) in [5.41, 5.74) is 1.32. The summed E-state index contributed by atoms with van der Waals surface area (Å²) in [7, 11) is -2.04. The highest BCUT2D eigenvalue weighted by molar-refractivity contribution is 7.92. The van der Waals surface area contributed by atoms with Gasteiger partial charge in [-0.15, -0.1) is 0 Å². The molecule has 0 spiro atoms. The van der Waals surface area contributed by atoms with E-state index in [-0.39, 0.29) is 43.8 Å². The van der Waals surface area contributed by atoms with Gasteiger partial charge in [0.15, 0.2) is 11.5 Å². The van der Waals surface area contributed by atoms with Gasteiger partial charge in [0.05, 0.1) is 19.1 Å². The molecule has 224 valence electrons. The van der Waals surface area contributed by atoms with Crippen LogP contribution in [0.25, 0.3) is 0 Å². The highest BCUT2D eigenvalue weighted by Gasteiger charge is 2.31. The standard InChI is InChI=1S/C30H41N3O7S/c1-4-26(30(35)31-23-8-5-6-9-23)32(21-22-11-14-25(38-2)15-12-22)29(34)10-7-17-33(41(3,36)37)24-13-16-27-28(20-24)40-19-18-39-27/h11-16,20,23,26H,4-10,17-19,21H2,1-3H3,(H,31,35)/t26-/m1/s1. The van der Waals surface area contributed by atoms with Crippen molar-refractivity contribution in [2.24, 2.45) is 0 Å². The highest BCUT2D eigenvalue weighted by Crippen LogP contribution is 2.35. The lowest BCUT2D eigenvalue weighted by atomic mass is 10.1. The van der Waals surface area contributed by atoms with Gasteiger partial charge in [-0.2, -0.15) is 0 Å².